The van der Waals surface area contributed by atoms with Crippen LogP contribution in [0.2, 0.25) is 0 Å². The predicted octanol–water partition coefficient (Wildman–Crippen LogP) is 5.68. The molecule has 0 amide bonds. The van der Waals surface area contributed by atoms with Crippen molar-refractivity contribution in [1.29, 1.82) is 0 Å². The summed E-state index contributed by atoms with van der Waals surface area (Å²) in [6.45, 7) is 14.0. The monoisotopic (exact) mass is 574 g/mol. The lowest BCUT2D eigenvalue weighted by Crippen LogP contribution is -2.45. The van der Waals surface area contributed by atoms with Crippen LogP contribution in [0.15, 0.2) is 36.4 Å². The third kappa shape index (κ3) is 6.40. The summed E-state index contributed by atoms with van der Waals surface area (Å²) in [4.78, 5) is 11.4. The van der Waals surface area contributed by atoms with Gasteiger partial charge in [-0.2, -0.15) is 0 Å². The Morgan fingerprint density at radius 2 is 1.63 bits per heavy atom. The normalized spacial score (nSPS) is 19.4. The fourth-order valence-electron chi connectivity index (χ4n) is 7.10. The zero-order chi connectivity index (χ0) is 28.2. The molecule has 7 heteroatoms. The van der Waals surface area contributed by atoms with Crippen LogP contribution in [0.5, 0.6) is 5.75 Å². The molecule has 2 fully saturated rings. The van der Waals surface area contributed by atoms with E-state index in [9.17, 15) is 5.11 Å². The Balaban J connectivity index is 1.09. The zero-order valence-corrected chi connectivity index (χ0v) is 25.7. The summed E-state index contributed by atoms with van der Waals surface area (Å²) in [5.41, 5.74) is 8.02. The number of aromatic nitrogens is 1. The molecule has 220 valence electrons. The lowest BCUT2D eigenvalue weighted by Gasteiger charge is -2.44. The third-order valence-corrected chi connectivity index (χ3v) is 10.9. The summed E-state index contributed by atoms with van der Waals surface area (Å²) in [7, 11) is 0. The minimum Gasteiger partial charge on any atom is -0.493 e. The van der Waals surface area contributed by atoms with Crippen molar-refractivity contribution in [2.75, 3.05) is 59.0 Å². The summed E-state index contributed by atoms with van der Waals surface area (Å²) in [5.74, 6) is 0.994. The van der Waals surface area contributed by atoms with Crippen LogP contribution in [0, 0.1) is 19.3 Å². The number of nitrogens with zero attached hydrogens (tertiary/aromatic N) is 3. The number of rotatable bonds is 9. The second kappa shape index (κ2) is 12.9. The molecule has 0 aliphatic carbocycles. The topological polar surface area (TPSA) is 60.9 Å². The second-order valence-corrected chi connectivity index (χ2v) is 13.4. The fraction of sp³-hybridized carbons (Fsp3) is 0.559. The van der Waals surface area contributed by atoms with Crippen LogP contribution < -0.4 is 10.1 Å². The van der Waals surface area contributed by atoms with Crippen LogP contribution in [-0.2, 0) is 13.0 Å². The van der Waals surface area contributed by atoms with Gasteiger partial charge >= 0.3 is 0 Å². The number of fused-ring (bicyclic) bond motifs is 1. The molecular formula is C34H46N4O2S. The fourth-order valence-corrected chi connectivity index (χ4v) is 8.33. The third-order valence-electron chi connectivity index (χ3n) is 9.82. The van der Waals surface area contributed by atoms with E-state index >= 15 is 0 Å². The van der Waals surface area contributed by atoms with Gasteiger partial charge in [-0.05, 0) is 106 Å². The lowest BCUT2D eigenvalue weighted by atomic mass is 9.71. The van der Waals surface area contributed by atoms with E-state index in [0.29, 0.717) is 5.41 Å². The maximum absolute atomic E-state index is 9.36. The highest BCUT2D eigenvalue weighted by Crippen LogP contribution is 2.40. The first-order valence-electron chi connectivity index (χ1n) is 15.6. The minimum absolute atomic E-state index is 0.210. The van der Waals surface area contributed by atoms with Gasteiger partial charge in [0.05, 0.1) is 18.9 Å². The standard InChI is InChI=1S/C34H46N4O2S/c1-25-27(6-3-8-29(25)33-36-30-10-18-38(21-22-39)24-32(30)41-33)28-7-4-9-31(26(28)2)40-23-5-17-37-19-13-34(14-20-37)11-15-35-16-12-34/h3-4,6-9,35,39H,5,10-24H2,1-2H3. The Bertz CT molecular complexity index is 1320. The Labute approximate surface area is 249 Å². The van der Waals surface area contributed by atoms with Crippen molar-refractivity contribution in [3.63, 3.8) is 0 Å². The van der Waals surface area contributed by atoms with Crippen LogP contribution in [0.4, 0.5) is 0 Å². The van der Waals surface area contributed by atoms with E-state index in [-0.39, 0.29) is 6.61 Å². The van der Waals surface area contributed by atoms with Crippen LogP contribution in [0.1, 0.15) is 53.8 Å². The van der Waals surface area contributed by atoms with E-state index in [4.69, 9.17) is 9.72 Å². The van der Waals surface area contributed by atoms with Crippen LogP contribution in [-0.4, -0.2) is 78.9 Å². The molecule has 2 saturated heterocycles. The number of likely N-dealkylation sites (tertiary alicyclic amines) is 1. The number of piperidine rings is 2. The Morgan fingerprint density at radius 3 is 2.41 bits per heavy atom. The SMILES string of the molecule is Cc1c(OCCCN2CCC3(CCNCC3)CC2)cccc1-c1cccc(-c2nc3c(s2)CN(CCO)CC3)c1C. The van der Waals surface area contributed by atoms with E-state index < -0.39 is 0 Å². The lowest BCUT2D eigenvalue weighted by molar-refractivity contribution is 0.0711. The van der Waals surface area contributed by atoms with Gasteiger partial charge in [0.15, 0.2) is 0 Å². The second-order valence-electron chi connectivity index (χ2n) is 12.3. The van der Waals surface area contributed by atoms with Crippen LogP contribution >= 0.6 is 11.3 Å². The summed E-state index contributed by atoms with van der Waals surface area (Å²) in [6.07, 6.45) is 7.47. The average Bonchev–Trinajstić information content (AvgIpc) is 3.41. The highest BCUT2D eigenvalue weighted by molar-refractivity contribution is 7.15. The van der Waals surface area contributed by atoms with Gasteiger partial charge in [-0.25, -0.2) is 4.98 Å². The molecule has 0 bridgehead atoms. The molecular weight excluding hydrogens is 528 g/mol. The first-order valence-corrected chi connectivity index (χ1v) is 16.4. The number of hydrogen-bond acceptors (Lipinski definition) is 7. The number of aliphatic hydroxyl groups is 1. The minimum atomic E-state index is 0.210. The van der Waals surface area contributed by atoms with Gasteiger partial charge in [0, 0.05) is 43.0 Å². The van der Waals surface area contributed by atoms with Crippen molar-refractivity contribution >= 4 is 11.3 Å². The molecule has 41 heavy (non-hydrogen) atoms. The number of aliphatic hydroxyl groups excluding tert-OH is 1. The molecule has 0 unspecified atom stereocenters. The van der Waals surface area contributed by atoms with Gasteiger partial charge in [0.1, 0.15) is 10.8 Å². The molecule has 2 N–H and O–H groups in total. The largest absolute Gasteiger partial charge is 0.493 e. The van der Waals surface area contributed by atoms with Crippen LogP contribution in [0.3, 0.4) is 0 Å². The van der Waals surface area contributed by atoms with Gasteiger partial charge in [-0.3, -0.25) is 4.90 Å². The number of benzene rings is 2. The van der Waals surface area contributed by atoms with Gasteiger partial charge in [0.2, 0.25) is 0 Å². The number of ether oxygens (including phenoxy) is 1. The van der Waals surface area contributed by atoms with E-state index in [1.165, 1.54) is 90.3 Å². The van der Waals surface area contributed by atoms with E-state index in [1.54, 1.807) is 0 Å². The highest BCUT2D eigenvalue weighted by atomic mass is 32.1. The van der Waals surface area contributed by atoms with Gasteiger partial charge in [0.25, 0.3) is 0 Å². The molecule has 0 atom stereocenters. The quantitative estimate of drug-likeness (QED) is 0.321. The van der Waals surface area contributed by atoms with Crippen molar-refractivity contribution in [1.82, 2.24) is 20.1 Å². The maximum atomic E-state index is 9.36. The van der Waals surface area contributed by atoms with Crippen molar-refractivity contribution in [3.8, 4) is 27.4 Å². The van der Waals surface area contributed by atoms with Crippen LogP contribution in [0.25, 0.3) is 21.7 Å². The van der Waals surface area contributed by atoms with Crippen molar-refractivity contribution in [3.05, 3.63) is 58.1 Å². The smallest absolute Gasteiger partial charge is 0.124 e. The summed E-state index contributed by atoms with van der Waals surface area (Å²) >= 11 is 1.81. The average molecular weight is 575 g/mol. The Hall–Kier alpha value is -2.29. The van der Waals surface area contributed by atoms with E-state index in [2.05, 4.69) is 65.4 Å². The molecule has 3 aliphatic heterocycles. The van der Waals surface area contributed by atoms with E-state index in [0.717, 1.165) is 56.4 Å². The van der Waals surface area contributed by atoms with Crippen molar-refractivity contribution in [2.45, 2.75) is 58.9 Å². The van der Waals surface area contributed by atoms with Gasteiger partial charge < -0.3 is 20.1 Å². The molecule has 1 spiro atoms. The highest BCUT2D eigenvalue weighted by Gasteiger charge is 2.35. The van der Waals surface area contributed by atoms with E-state index in [1.807, 2.05) is 11.3 Å². The maximum Gasteiger partial charge on any atom is 0.124 e. The molecule has 1 aromatic heterocycles. The van der Waals surface area contributed by atoms with Crippen molar-refractivity contribution < 1.29 is 9.84 Å². The number of nitrogens with one attached hydrogen (secondary N) is 1. The number of β-amino-alcohol motifs (C(OH)–C–C–N with tert-alkyl or cyclic N) is 1. The first kappa shape index (κ1) is 28.8. The first-order chi connectivity index (χ1) is 20.0. The Kier molecular flexibility index (Phi) is 9.08. The molecule has 4 heterocycles. The molecule has 3 aliphatic rings. The number of thiazole rings is 1. The molecule has 0 radical (unpaired) electrons. The molecule has 0 saturated carbocycles. The van der Waals surface area contributed by atoms with Crippen molar-refractivity contribution in [2.24, 2.45) is 5.41 Å². The van der Waals surface area contributed by atoms with Gasteiger partial charge in [-0.1, -0.05) is 30.3 Å². The predicted molar refractivity (Wildman–Crippen MR) is 169 cm³/mol. The summed E-state index contributed by atoms with van der Waals surface area (Å²) < 4.78 is 6.37. The molecule has 6 nitrogen and oxygen atoms in total. The number of hydrogen-bond donors (Lipinski definition) is 2. The summed E-state index contributed by atoms with van der Waals surface area (Å²) in [6, 6.07) is 13.1. The summed E-state index contributed by atoms with van der Waals surface area (Å²) in [5, 5.41) is 14.0. The Morgan fingerprint density at radius 1 is 0.902 bits per heavy atom. The van der Waals surface area contributed by atoms with Gasteiger partial charge in [-0.15, -0.1) is 11.3 Å². The molecule has 2 aromatic carbocycles. The molecule has 6 rings (SSSR count). The molecule has 3 aromatic rings. The zero-order valence-electron chi connectivity index (χ0n) is 24.9.